The standard InChI is InChI=1S/C10H9Cl2NO/c1-14-10(12)4-2-8-7(6-10)3-5-13-9(8)11/h2-6,13H,1H3. The Morgan fingerprint density at radius 2 is 2.21 bits per heavy atom. The second kappa shape index (κ2) is 3.46. The molecule has 1 aliphatic carbocycles. The van der Waals surface area contributed by atoms with Gasteiger partial charge in [0.2, 0.25) is 0 Å². The van der Waals surface area contributed by atoms with Gasteiger partial charge in [-0.05, 0) is 23.8 Å². The molecule has 0 fully saturated rings. The monoisotopic (exact) mass is 229 g/mol. The molecule has 74 valence electrons. The average molecular weight is 230 g/mol. The predicted octanol–water partition coefficient (Wildman–Crippen LogP) is 2.63. The molecule has 0 saturated carbocycles. The van der Waals surface area contributed by atoms with Crippen LogP contribution in [0.25, 0.3) is 0 Å². The Labute approximate surface area is 92.5 Å². The lowest BCUT2D eigenvalue weighted by atomic mass is 9.97. The highest BCUT2D eigenvalue weighted by atomic mass is 35.5. The lowest BCUT2D eigenvalue weighted by Gasteiger charge is -2.25. The first-order valence-electron chi connectivity index (χ1n) is 4.14. The van der Waals surface area contributed by atoms with Crippen molar-refractivity contribution in [3.63, 3.8) is 0 Å². The fourth-order valence-electron chi connectivity index (χ4n) is 1.38. The maximum Gasteiger partial charge on any atom is 0.180 e. The normalized spacial score (nSPS) is 29.8. The van der Waals surface area contributed by atoms with Crippen molar-refractivity contribution in [1.82, 2.24) is 5.32 Å². The van der Waals surface area contributed by atoms with Gasteiger partial charge in [-0.3, -0.25) is 0 Å². The van der Waals surface area contributed by atoms with Gasteiger partial charge in [0.05, 0.1) is 0 Å². The molecular weight excluding hydrogens is 221 g/mol. The van der Waals surface area contributed by atoms with Crippen LogP contribution in [0, 0.1) is 0 Å². The van der Waals surface area contributed by atoms with Crippen LogP contribution in [0.3, 0.4) is 0 Å². The summed E-state index contributed by atoms with van der Waals surface area (Å²) in [5.41, 5.74) is 1.90. The number of rotatable bonds is 1. The van der Waals surface area contributed by atoms with E-state index in [9.17, 15) is 0 Å². The third kappa shape index (κ3) is 1.61. The van der Waals surface area contributed by atoms with Gasteiger partial charge >= 0.3 is 0 Å². The van der Waals surface area contributed by atoms with Crippen molar-refractivity contribution in [2.45, 2.75) is 5.06 Å². The second-order valence-corrected chi connectivity index (χ2v) is 4.01. The fraction of sp³-hybridized carbons (Fsp3) is 0.200. The number of fused-ring (bicyclic) bond motifs is 1. The van der Waals surface area contributed by atoms with E-state index < -0.39 is 5.06 Å². The highest BCUT2D eigenvalue weighted by Gasteiger charge is 2.26. The van der Waals surface area contributed by atoms with E-state index in [-0.39, 0.29) is 0 Å². The van der Waals surface area contributed by atoms with Gasteiger partial charge in [0.15, 0.2) is 5.06 Å². The minimum absolute atomic E-state index is 0.602. The molecule has 0 spiro atoms. The lowest BCUT2D eigenvalue weighted by Crippen LogP contribution is -2.22. The summed E-state index contributed by atoms with van der Waals surface area (Å²) in [5.74, 6) is 0. The smallest absolute Gasteiger partial charge is 0.180 e. The Morgan fingerprint density at radius 3 is 2.93 bits per heavy atom. The van der Waals surface area contributed by atoms with Crippen LogP contribution >= 0.6 is 23.2 Å². The van der Waals surface area contributed by atoms with Crippen LogP contribution in [0.4, 0.5) is 0 Å². The summed E-state index contributed by atoms with van der Waals surface area (Å²) in [6, 6.07) is 0. The van der Waals surface area contributed by atoms with Gasteiger partial charge < -0.3 is 10.1 Å². The highest BCUT2D eigenvalue weighted by Crippen LogP contribution is 2.33. The number of methoxy groups -OCH3 is 1. The van der Waals surface area contributed by atoms with Gasteiger partial charge in [-0.1, -0.05) is 29.3 Å². The third-order valence-electron chi connectivity index (χ3n) is 2.16. The Morgan fingerprint density at radius 1 is 1.43 bits per heavy atom. The minimum Gasteiger partial charge on any atom is -0.356 e. The molecule has 1 aliphatic heterocycles. The fourth-order valence-corrected chi connectivity index (χ4v) is 1.79. The minimum atomic E-state index is -0.850. The van der Waals surface area contributed by atoms with Crippen molar-refractivity contribution in [1.29, 1.82) is 0 Å². The van der Waals surface area contributed by atoms with E-state index in [0.717, 1.165) is 11.1 Å². The maximum absolute atomic E-state index is 6.12. The molecule has 2 rings (SSSR count). The molecule has 1 heterocycles. The van der Waals surface area contributed by atoms with Crippen LogP contribution < -0.4 is 5.32 Å². The van der Waals surface area contributed by atoms with Gasteiger partial charge in [0.1, 0.15) is 5.16 Å². The zero-order chi connectivity index (χ0) is 10.2. The van der Waals surface area contributed by atoms with Crippen molar-refractivity contribution >= 4 is 23.2 Å². The Hall–Kier alpha value is -0.700. The molecule has 1 atom stereocenters. The lowest BCUT2D eigenvalue weighted by molar-refractivity contribution is 0.142. The van der Waals surface area contributed by atoms with Gasteiger partial charge in [-0.15, -0.1) is 0 Å². The van der Waals surface area contributed by atoms with E-state index in [4.69, 9.17) is 27.9 Å². The Bertz CT molecular complexity index is 382. The number of hydrogen-bond donors (Lipinski definition) is 1. The second-order valence-electron chi connectivity index (χ2n) is 3.04. The molecule has 2 nitrogen and oxygen atoms in total. The van der Waals surface area contributed by atoms with E-state index in [1.54, 1.807) is 19.4 Å². The molecule has 0 bridgehead atoms. The number of alkyl halides is 1. The van der Waals surface area contributed by atoms with Crippen molar-refractivity contribution in [3.8, 4) is 0 Å². The molecule has 0 amide bonds. The summed E-state index contributed by atoms with van der Waals surface area (Å²) in [6.45, 7) is 0. The number of dihydropyridines is 1. The van der Waals surface area contributed by atoms with Gasteiger partial charge in [-0.25, -0.2) is 0 Å². The molecule has 2 aliphatic rings. The zero-order valence-electron chi connectivity index (χ0n) is 7.55. The topological polar surface area (TPSA) is 21.3 Å². The molecule has 1 N–H and O–H groups in total. The zero-order valence-corrected chi connectivity index (χ0v) is 9.06. The van der Waals surface area contributed by atoms with Crippen LogP contribution in [0.2, 0.25) is 0 Å². The van der Waals surface area contributed by atoms with Crippen LogP contribution in [-0.2, 0) is 4.74 Å². The summed E-state index contributed by atoms with van der Waals surface area (Å²) >= 11 is 12.1. The van der Waals surface area contributed by atoms with Crippen LogP contribution in [0.1, 0.15) is 0 Å². The summed E-state index contributed by atoms with van der Waals surface area (Å²) in [4.78, 5) is 0. The predicted molar refractivity (Wildman–Crippen MR) is 58.0 cm³/mol. The van der Waals surface area contributed by atoms with E-state index in [2.05, 4.69) is 5.32 Å². The van der Waals surface area contributed by atoms with Crippen LogP contribution in [0.5, 0.6) is 0 Å². The van der Waals surface area contributed by atoms with Gasteiger partial charge in [0.25, 0.3) is 0 Å². The number of nitrogens with one attached hydrogen (secondary N) is 1. The largest absolute Gasteiger partial charge is 0.356 e. The number of halogens is 2. The Kier molecular flexibility index (Phi) is 2.43. The molecule has 14 heavy (non-hydrogen) atoms. The first-order chi connectivity index (χ1) is 6.64. The molecular formula is C10H9Cl2NO. The molecule has 0 saturated heterocycles. The summed E-state index contributed by atoms with van der Waals surface area (Å²) in [6.07, 6.45) is 9.11. The molecule has 1 unspecified atom stereocenters. The summed E-state index contributed by atoms with van der Waals surface area (Å²) in [5, 5.41) is 2.67. The van der Waals surface area contributed by atoms with E-state index in [1.807, 2.05) is 18.2 Å². The van der Waals surface area contributed by atoms with E-state index in [1.165, 1.54) is 0 Å². The maximum atomic E-state index is 6.12. The van der Waals surface area contributed by atoms with Crippen LogP contribution in [0.15, 0.2) is 46.8 Å². The molecule has 0 aromatic carbocycles. The van der Waals surface area contributed by atoms with Crippen molar-refractivity contribution in [2.24, 2.45) is 0 Å². The average Bonchev–Trinajstić information content (AvgIpc) is 2.18. The van der Waals surface area contributed by atoms with Crippen LogP contribution in [-0.4, -0.2) is 12.2 Å². The van der Waals surface area contributed by atoms with E-state index in [0.29, 0.717) is 5.16 Å². The van der Waals surface area contributed by atoms with Gasteiger partial charge in [0, 0.05) is 18.9 Å². The SMILES string of the molecule is COC1(Cl)C=CC2=C(Cl)NC=CC2=C1. The molecule has 0 aromatic heterocycles. The number of ether oxygens (including phenoxy) is 1. The number of hydrogen-bond acceptors (Lipinski definition) is 2. The molecule has 4 heteroatoms. The van der Waals surface area contributed by atoms with E-state index >= 15 is 0 Å². The Balaban J connectivity index is 2.43. The third-order valence-corrected chi connectivity index (χ3v) is 2.86. The van der Waals surface area contributed by atoms with Gasteiger partial charge in [-0.2, -0.15) is 0 Å². The highest BCUT2D eigenvalue weighted by molar-refractivity contribution is 6.30. The number of allylic oxidation sites excluding steroid dienone is 4. The first-order valence-corrected chi connectivity index (χ1v) is 4.89. The molecule has 0 aromatic rings. The van der Waals surface area contributed by atoms with Crippen molar-refractivity contribution in [2.75, 3.05) is 7.11 Å². The van der Waals surface area contributed by atoms with Crippen molar-refractivity contribution < 1.29 is 4.74 Å². The van der Waals surface area contributed by atoms with Crippen molar-refractivity contribution in [3.05, 3.63) is 46.8 Å². The quantitative estimate of drug-likeness (QED) is 0.552. The summed E-state index contributed by atoms with van der Waals surface area (Å²) < 4.78 is 5.15. The molecule has 0 radical (unpaired) electrons. The summed E-state index contributed by atoms with van der Waals surface area (Å²) in [7, 11) is 1.56. The first kappa shape index (κ1) is 9.84.